The predicted octanol–water partition coefficient (Wildman–Crippen LogP) is 1.10. The monoisotopic (exact) mass is 180 g/mol. The second-order valence-corrected chi connectivity index (χ2v) is 2.49. The zero-order chi connectivity index (χ0) is 9.68. The topological polar surface area (TPSA) is 56.0 Å². The van der Waals surface area contributed by atoms with Crippen LogP contribution in [0.2, 0.25) is 0 Å². The van der Waals surface area contributed by atoms with Crippen molar-refractivity contribution in [1.29, 1.82) is 5.26 Å². The van der Waals surface area contributed by atoms with Gasteiger partial charge in [0.1, 0.15) is 5.82 Å². The van der Waals surface area contributed by atoms with Gasteiger partial charge in [0.05, 0.1) is 18.2 Å². The second kappa shape index (κ2) is 4.43. The molecule has 0 aromatic heterocycles. The molecule has 0 saturated heterocycles. The Kier molecular flexibility index (Phi) is 3.23. The molecular formula is C9H9FN2O. The van der Waals surface area contributed by atoms with E-state index < -0.39 is 5.82 Å². The Morgan fingerprint density at radius 3 is 2.85 bits per heavy atom. The SMILES string of the molecule is N#Cc1cc(F)cc(NCCO)c1. The standard InChI is InChI=1S/C9H9FN2O/c10-8-3-7(6-11)4-9(5-8)12-1-2-13/h3-5,12-13H,1-2H2. The molecule has 1 aromatic carbocycles. The highest BCUT2D eigenvalue weighted by Gasteiger charge is 1.98. The number of nitrogens with one attached hydrogen (secondary N) is 1. The lowest BCUT2D eigenvalue weighted by molar-refractivity contribution is 0.311. The molecule has 1 rings (SSSR count). The third kappa shape index (κ3) is 2.73. The summed E-state index contributed by atoms with van der Waals surface area (Å²) in [7, 11) is 0. The Hall–Kier alpha value is -1.60. The molecule has 0 heterocycles. The zero-order valence-electron chi connectivity index (χ0n) is 6.92. The van der Waals surface area contributed by atoms with Crippen molar-refractivity contribution in [2.75, 3.05) is 18.5 Å². The number of benzene rings is 1. The van der Waals surface area contributed by atoms with Gasteiger partial charge in [-0.2, -0.15) is 5.26 Å². The number of halogens is 1. The molecular weight excluding hydrogens is 171 g/mol. The lowest BCUT2D eigenvalue weighted by atomic mass is 10.2. The number of rotatable bonds is 3. The maximum atomic E-state index is 12.8. The van der Waals surface area contributed by atoms with Crippen LogP contribution in [0.25, 0.3) is 0 Å². The van der Waals surface area contributed by atoms with Gasteiger partial charge >= 0.3 is 0 Å². The minimum atomic E-state index is -0.459. The third-order valence-corrected chi connectivity index (χ3v) is 1.47. The molecule has 0 aliphatic heterocycles. The summed E-state index contributed by atoms with van der Waals surface area (Å²) < 4.78 is 12.8. The van der Waals surface area contributed by atoms with E-state index in [-0.39, 0.29) is 12.2 Å². The highest BCUT2D eigenvalue weighted by molar-refractivity contribution is 5.49. The molecule has 0 radical (unpaired) electrons. The summed E-state index contributed by atoms with van der Waals surface area (Å²) in [5.41, 5.74) is 0.769. The van der Waals surface area contributed by atoms with Crippen LogP contribution in [0, 0.1) is 17.1 Å². The highest BCUT2D eigenvalue weighted by Crippen LogP contribution is 2.12. The molecule has 4 heteroatoms. The first-order valence-electron chi connectivity index (χ1n) is 3.81. The van der Waals surface area contributed by atoms with Gasteiger partial charge in [0.15, 0.2) is 0 Å². The summed E-state index contributed by atoms with van der Waals surface area (Å²) in [6, 6.07) is 5.80. The van der Waals surface area contributed by atoms with E-state index in [1.54, 1.807) is 0 Å². The van der Waals surface area contributed by atoms with Crippen LogP contribution in [-0.4, -0.2) is 18.3 Å². The number of nitriles is 1. The fraction of sp³-hybridized carbons (Fsp3) is 0.222. The Morgan fingerprint density at radius 1 is 1.46 bits per heavy atom. The predicted molar refractivity (Wildman–Crippen MR) is 46.7 cm³/mol. The van der Waals surface area contributed by atoms with Crippen LogP contribution < -0.4 is 5.32 Å². The van der Waals surface area contributed by atoms with Gasteiger partial charge in [0, 0.05) is 12.2 Å². The lowest BCUT2D eigenvalue weighted by Gasteiger charge is -2.04. The van der Waals surface area contributed by atoms with Crippen molar-refractivity contribution in [3.8, 4) is 6.07 Å². The molecule has 0 saturated carbocycles. The average Bonchev–Trinajstić information content (AvgIpc) is 2.14. The van der Waals surface area contributed by atoms with E-state index in [4.69, 9.17) is 10.4 Å². The Balaban J connectivity index is 2.83. The Bertz CT molecular complexity index is 333. The van der Waals surface area contributed by atoms with E-state index in [0.717, 1.165) is 6.07 Å². The van der Waals surface area contributed by atoms with E-state index in [1.165, 1.54) is 12.1 Å². The summed E-state index contributed by atoms with van der Waals surface area (Å²) in [5, 5.41) is 19.8. The first-order valence-corrected chi connectivity index (χ1v) is 3.81. The molecule has 0 atom stereocenters. The molecule has 0 aliphatic carbocycles. The van der Waals surface area contributed by atoms with Gasteiger partial charge in [-0.05, 0) is 18.2 Å². The normalized spacial score (nSPS) is 9.31. The largest absolute Gasteiger partial charge is 0.395 e. The zero-order valence-corrected chi connectivity index (χ0v) is 6.92. The minimum absolute atomic E-state index is 0.0294. The van der Waals surface area contributed by atoms with Crippen LogP contribution in [0.1, 0.15) is 5.56 Å². The molecule has 13 heavy (non-hydrogen) atoms. The van der Waals surface area contributed by atoms with Gasteiger partial charge in [-0.1, -0.05) is 0 Å². The Morgan fingerprint density at radius 2 is 2.23 bits per heavy atom. The fourth-order valence-corrected chi connectivity index (χ4v) is 0.956. The second-order valence-electron chi connectivity index (χ2n) is 2.49. The Labute approximate surface area is 75.4 Å². The van der Waals surface area contributed by atoms with Crippen LogP contribution in [0.15, 0.2) is 18.2 Å². The van der Waals surface area contributed by atoms with Gasteiger partial charge in [0.25, 0.3) is 0 Å². The van der Waals surface area contributed by atoms with Crippen molar-refractivity contribution in [1.82, 2.24) is 0 Å². The van der Waals surface area contributed by atoms with Crippen molar-refractivity contribution in [3.63, 3.8) is 0 Å². The maximum absolute atomic E-state index is 12.8. The van der Waals surface area contributed by atoms with E-state index in [2.05, 4.69) is 5.32 Å². The highest BCUT2D eigenvalue weighted by atomic mass is 19.1. The van der Waals surface area contributed by atoms with E-state index in [1.807, 2.05) is 6.07 Å². The van der Waals surface area contributed by atoms with Crippen LogP contribution in [0.5, 0.6) is 0 Å². The van der Waals surface area contributed by atoms with Gasteiger partial charge in [-0.25, -0.2) is 4.39 Å². The average molecular weight is 180 g/mol. The van der Waals surface area contributed by atoms with Crippen LogP contribution >= 0.6 is 0 Å². The molecule has 0 bridgehead atoms. The smallest absolute Gasteiger partial charge is 0.126 e. The molecule has 2 N–H and O–H groups in total. The third-order valence-electron chi connectivity index (χ3n) is 1.47. The number of nitrogens with zero attached hydrogens (tertiary/aromatic N) is 1. The van der Waals surface area contributed by atoms with Crippen molar-refractivity contribution < 1.29 is 9.50 Å². The molecule has 0 amide bonds. The summed E-state index contributed by atoms with van der Waals surface area (Å²) in [4.78, 5) is 0. The number of aliphatic hydroxyl groups is 1. The summed E-state index contributed by atoms with van der Waals surface area (Å²) >= 11 is 0. The van der Waals surface area contributed by atoms with Gasteiger partial charge in [0.2, 0.25) is 0 Å². The maximum Gasteiger partial charge on any atom is 0.126 e. The summed E-state index contributed by atoms with van der Waals surface area (Å²) in [6.07, 6.45) is 0. The number of anilines is 1. The number of aliphatic hydroxyl groups excluding tert-OH is 1. The van der Waals surface area contributed by atoms with Crippen molar-refractivity contribution in [3.05, 3.63) is 29.6 Å². The van der Waals surface area contributed by atoms with Crippen molar-refractivity contribution in [2.45, 2.75) is 0 Å². The molecule has 1 aromatic rings. The minimum Gasteiger partial charge on any atom is -0.395 e. The van der Waals surface area contributed by atoms with Crippen molar-refractivity contribution in [2.24, 2.45) is 0 Å². The van der Waals surface area contributed by atoms with E-state index >= 15 is 0 Å². The molecule has 0 spiro atoms. The molecule has 0 fully saturated rings. The number of hydrogen-bond acceptors (Lipinski definition) is 3. The van der Waals surface area contributed by atoms with Gasteiger partial charge in [-0.3, -0.25) is 0 Å². The van der Waals surface area contributed by atoms with Crippen molar-refractivity contribution >= 4 is 5.69 Å². The van der Waals surface area contributed by atoms with Gasteiger partial charge < -0.3 is 10.4 Å². The molecule has 0 unspecified atom stereocenters. The summed E-state index contributed by atoms with van der Waals surface area (Å²) in [5.74, 6) is -0.459. The first kappa shape index (κ1) is 9.49. The molecule has 3 nitrogen and oxygen atoms in total. The van der Waals surface area contributed by atoms with Gasteiger partial charge in [-0.15, -0.1) is 0 Å². The van der Waals surface area contributed by atoms with Crippen LogP contribution in [-0.2, 0) is 0 Å². The number of hydrogen-bond donors (Lipinski definition) is 2. The van der Waals surface area contributed by atoms with Crippen LogP contribution in [0.3, 0.4) is 0 Å². The van der Waals surface area contributed by atoms with E-state index in [0.29, 0.717) is 12.2 Å². The molecule has 68 valence electrons. The summed E-state index contributed by atoms with van der Waals surface area (Å²) in [6.45, 7) is 0.312. The quantitative estimate of drug-likeness (QED) is 0.732. The van der Waals surface area contributed by atoms with Crippen LogP contribution in [0.4, 0.5) is 10.1 Å². The first-order chi connectivity index (χ1) is 6.26. The molecule has 0 aliphatic rings. The fourth-order valence-electron chi connectivity index (χ4n) is 0.956. The lowest BCUT2D eigenvalue weighted by Crippen LogP contribution is -2.05. The van der Waals surface area contributed by atoms with E-state index in [9.17, 15) is 4.39 Å².